The standard InChI is InChI=1S/C27H28N4O6/c1-3-36-22-12-10-21(11-13-22)30-25(32)18-37-23-14-9-20(15-24(23)35-2)17-29-31-27(34)26(33)28-16-19-7-5-4-6-8-19/h4-15,17H,3,16,18H2,1-2H3,(H,28,33)(H,30,32)(H,31,34)/b29-17-. The van der Waals surface area contributed by atoms with Crippen molar-refractivity contribution in [3.63, 3.8) is 0 Å². The zero-order valence-corrected chi connectivity index (χ0v) is 20.5. The highest BCUT2D eigenvalue weighted by Gasteiger charge is 2.12. The van der Waals surface area contributed by atoms with E-state index >= 15 is 0 Å². The maximum atomic E-state index is 12.2. The van der Waals surface area contributed by atoms with Gasteiger partial charge in [-0.25, -0.2) is 5.43 Å². The summed E-state index contributed by atoms with van der Waals surface area (Å²) in [7, 11) is 1.46. The van der Waals surface area contributed by atoms with E-state index in [-0.39, 0.29) is 19.1 Å². The molecule has 3 amide bonds. The van der Waals surface area contributed by atoms with E-state index in [0.717, 1.165) is 11.3 Å². The molecule has 0 saturated heterocycles. The molecule has 3 rings (SSSR count). The van der Waals surface area contributed by atoms with Crippen molar-refractivity contribution in [3.8, 4) is 17.2 Å². The van der Waals surface area contributed by atoms with Gasteiger partial charge in [-0.3, -0.25) is 14.4 Å². The van der Waals surface area contributed by atoms with E-state index in [0.29, 0.717) is 29.4 Å². The van der Waals surface area contributed by atoms with Gasteiger partial charge in [0.2, 0.25) is 0 Å². The summed E-state index contributed by atoms with van der Waals surface area (Å²) < 4.78 is 16.3. The molecule has 0 fully saturated rings. The molecule has 0 aliphatic carbocycles. The number of methoxy groups -OCH3 is 1. The number of carbonyl (C=O) groups is 3. The molecule has 192 valence electrons. The van der Waals surface area contributed by atoms with E-state index in [1.54, 1.807) is 42.5 Å². The van der Waals surface area contributed by atoms with Crippen LogP contribution in [-0.4, -0.2) is 44.3 Å². The molecule has 0 aliphatic heterocycles. The molecule has 0 bridgehead atoms. The molecule has 10 heteroatoms. The minimum Gasteiger partial charge on any atom is -0.494 e. The maximum Gasteiger partial charge on any atom is 0.329 e. The molecule has 0 unspecified atom stereocenters. The second kappa shape index (κ2) is 13.9. The molecule has 3 N–H and O–H groups in total. The number of anilines is 1. The number of hydrazone groups is 1. The van der Waals surface area contributed by atoms with Crippen molar-refractivity contribution >= 4 is 29.6 Å². The van der Waals surface area contributed by atoms with E-state index in [1.807, 2.05) is 37.3 Å². The lowest BCUT2D eigenvalue weighted by atomic mass is 10.2. The first-order valence-electron chi connectivity index (χ1n) is 11.5. The van der Waals surface area contributed by atoms with Crippen LogP contribution in [0.5, 0.6) is 17.2 Å². The van der Waals surface area contributed by atoms with Gasteiger partial charge in [-0.05, 0) is 60.5 Å². The topological polar surface area (TPSA) is 127 Å². The Kier molecular flexibility index (Phi) is 10.0. The number of benzene rings is 3. The van der Waals surface area contributed by atoms with Gasteiger partial charge in [-0.2, -0.15) is 5.10 Å². The van der Waals surface area contributed by atoms with Crippen molar-refractivity contribution < 1.29 is 28.6 Å². The molecule has 0 heterocycles. The Hall–Kier alpha value is -4.86. The fraction of sp³-hybridized carbons (Fsp3) is 0.185. The molecular weight excluding hydrogens is 476 g/mol. The highest BCUT2D eigenvalue weighted by atomic mass is 16.5. The molecule has 0 aromatic heterocycles. The first-order chi connectivity index (χ1) is 18.0. The van der Waals surface area contributed by atoms with Gasteiger partial charge in [-0.15, -0.1) is 0 Å². The van der Waals surface area contributed by atoms with E-state index in [2.05, 4.69) is 21.2 Å². The van der Waals surface area contributed by atoms with Crippen LogP contribution in [0.4, 0.5) is 5.69 Å². The second-order valence-electron chi connectivity index (χ2n) is 7.57. The Balaban J connectivity index is 1.47. The Labute approximate surface area is 214 Å². The van der Waals surface area contributed by atoms with Crippen molar-refractivity contribution in [2.45, 2.75) is 13.5 Å². The van der Waals surface area contributed by atoms with Gasteiger partial charge < -0.3 is 24.8 Å². The largest absolute Gasteiger partial charge is 0.494 e. The van der Waals surface area contributed by atoms with Gasteiger partial charge in [0.25, 0.3) is 5.91 Å². The predicted molar refractivity (Wildman–Crippen MR) is 139 cm³/mol. The van der Waals surface area contributed by atoms with E-state index in [9.17, 15) is 14.4 Å². The SMILES string of the molecule is CCOc1ccc(NC(=O)COc2ccc(/C=N\NC(=O)C(=O)NCc3ccccc3)cc2OC)cc1. The highest BCUT2D eigenvalue weighted by molar-refractivity contribution is 6.35. The summed E-state index contributed by atoms with van der Waals surface area (Å²) in [5, 5.41) is 9.07. The van der Waals surface area contributed by atoms with Gasteiger partial charge in [-0.1, -0.05) is 30.3 Å². The van der Waals surface area contributed by atoms with Crippen LogP contribution in [0.2, 0.25) is 0 Å². The third-order valence-corrected chi connectivity index (χ3v) is 4.88. The fourth-order valence-corrected chi connectivity index (χ4v) is 3.10. The van der Waals surface area contributed by atoms with Gasteiger partial charge in [0.1, 0.15) is 5.75 Å². The summed E-state index contributed by atoms with van der Waals surface area (Å²) in [6, 6.07) is 21.1. The summed E-state index contributed by atoms with van der Waals surface area (Å²) in [6.07, 6.45) is 1.35. The number of carbonyl (C=O) groups excluding carboxylic acids is 3. The molecule has 0 aliphatic rings. The molecule has 0 spiro atoms. The Morgan fingerprint density at radius 2 is 1.65 bits per heavy atom. The maximum absolute atomic E-state index is 12.2. The lowest BCUT2D eigenvalue weighted by molar-refractivity contribution is -0.139. The molecule has 3 aromatic carbocycles. The van der Waals surface area contributed by atoms with Gasteiger partial charge in [0.05, 0.1) is 19.9 Å². The molecule has 3 aromatic rings. The number of hydrogen-bond acceptors (Lipinski definition) is 7. The summed E-state index contributed by atoms with van der Waals surface area (Å²) in [5.74, 6) is -0.597. The smallest absolute Gasteiger partial charge is 0.329 e. The van der Waals surface area contributed by atoms with Crippen molar-refractivity contribution in [2.75, 3.05) is 25.6 Å². The van der Waals surface area contributed by atoms with Crippen LogP contribution < -0.4 is 30.3 Å². The number of hydrogen-bond donors (Lipinski definition) is 3. The molecule has 37 heavy (non-hydrogen) atoms. The fourth-order valence-electron chi connectivity index (χ4n) is 3.10. The second-order valence-corrected chi connectivity index (χ2v) is 7.57. The molecule has 0 atom stereocenters. The van der Waals surface area contributed by atoms with Crippen LogP contribution in [0, 0.1) is 0 Å². The minimum absolute atomic E-state index is 0.230. The summed E-state index contributed by atoms with van der Waals surface area (Å²) in [5.41, 5.74) is 4.24. The summed E-state index contributed by atoms with van der Waals surface area (Å²) in [4.78, 5) is 36.1. The number of nitrogens with one attached hydrogen (secondary N) is 3. The molecule has 0 radical (unpaired) electrons. The zero-order valence-electron chi connectivity index (χ0n) is 20.5. The van der Waals surface area contributed by atoms with Crippen molar-refractivity contribution in [1.82, 2.24) is 10.7 Å². The number of nitrogens with zero attached hydrogens (tertiary/aromatic N) is 1. The highest BCUT2D eigenvalue weighted by Crippen LogP contribution is 2.27. The van der Waals surface area contributed by atoms with Gasteiger partial charge in [0.15, 0.2) is 18.1 Å². The predicted octanol–water partition coefficient (Wildman–Crippen LogP) is 2.88. The van der Waals surface area contributed by atoms with Crippen LogP contribution >= 0.6 is 0 Å². The third-order valence-electron chi connectivity index (χ3n) is 4.88. The van der Waals surface area contributed by atoms with E-state index in [4.69, 9.17) is 14.2 Å². The Morgan fingerprint density at radius 3 is 2.35 bits per heavy atom. The van der Waals surface area contributed by atoms with Gasteiger partial charge in [0, 0.05) is 12.2 Å². The van der Waals surface area contributed by atoms with Crippen LogP contribution in [-0.2, 0) is 20.9 Å². The molecule has 10 nitrogen and oxygen atoms in total. The van der Waals surface area contributed by atoms with Crippen molar-refractivity contribution in [1.29, 1.82) is 0 Å². The average molecular weight is 505 g/mol. The minimum atomic E-state index is -0.891. The molecular formula is C27H28N4O6. The normalized spacial score (nSPS) is 10.4. The molecule has 0 saturated carbocycles. The monoisotopic (exact) mass is 504 g/mol. The Morgan fingerprint density at radius 1 is 0.892 bits per heavy atom. The van der Waals surface area contributed by atoms with E-state index < -0.39 is 11.8 Å². The number of rotatable bonds is 11. The Bertz CT molecular complexity index is 1230. The van der Waals surface area contributed by atoms with E-state index in [1.165, 1.54) is 13.3 Å². The van der Waals surface area contributed by atoms with Crippen LogP contribution in [0.1, 0.15) is 18.1 Å². The van der Waals surface area contributed by atoms with Gasteiger partial charge >= 0.3 is 11.8 Å². The quantitative estimate of drug-likeness (QED) is 0.209. The van der Waals surface area contributed by atoms with Crippen molar-refractivity contribution in [2.24, 2.45) is 5.10 Å². The van der Waals surface area contributed by atoms with Crippen LogP contribution in [0.25, 0.3) is 0 Å². The third kappa shape index (κ3) is 8.70. The van der Waals surface area contributed by atoms with Crippen LogP contribution in [0.15, 0.2) is 77.9 Å². The van der Waals surface area contributed by atoms with Crippen molar-refractivity contribution in [3.05, 3.63) is 83.9 Å². The van der Waals surface area contributed by atoms with Crippen LogP contribution in [0.3, 0.4) is 0 Å². The average Bonchev–Trinajstić information content (AvgIpc) is 2.92. The lowest BCUT2D eigenvalue weighted by Crippen LogP contribution is -2.37. The zero-order chi connectivity index (χ0) is 26.5. The summed E-state index contributed by atoms with van der Waals surface area (Å²) in [6.45, 7) is 2.46. The lowest BCUT2D eigenvalue weighted by Gasteiger charge is -2.12. The number of amides is 3. The number of ether oxygens (including phenoxy) is 3. The first kappa shape index (κ1) is 26.7. The first-order valence-corrected chi connectivity index (χ1v) is 11.5. The summed E-state index contributed by atoms with van der Waals surface area (Å²) >= 11 is 0.